The number of alkyl halides is 9. The van der Waals surface area contributed by atoms with Gasteiger partial charge in [0, 0.05) is 0 Å². The first kappa shape index (κ1) is 30.8. The summed E-state index contributed by atoms with van der Waals surface area (Å²) in [4.78, 5) is 0. The molecule has 39 heavy (non-hydrogen) atoms. The minimum atomic E-state index is -7.08. The van der Waals surface area contributed by atoms with Gasteiger partial charge in [-0.25, -0.2) is 13.2 Å². The molecule has 2 fully saturated rings. The Kier molecular flexibility index (Phi) is 8.97. The Morgan fingerprint density at radius 2 is 1.05 bits per heavy atom. The zero-order valence-corrected chi connectivity index (χ0v) is 20.7. The summed E-state index contributed by atoms with van der Waals surface area (Å²) in [5.74, 6) is 0.625. The second-order valence-corrected chi connectivity index (χ2v) is 9.96. The van der Waals surface area contributed by atoms with Crippen molar-refractivity contribution in [3.63, 3.8) is 0 Å². The van der Waals surface area contributed by atoms with Crippen LogP contribution in [0.4, 0.5) is 39.5 Å². The van der Waals surface area contributed by atoms with Gasteiger partial charge in [0.25, 0.3) is 0 Å². The average molecular weight is 616 g/mol. The van der Waals surface area contributed by atoms with E-state index in [1.807, 2.05) is 36.4 Å². The molecule has 0 radical (unpaired) electrons. The Balaban J connectivity index is 0.000000258. The van der Waals surface area contributed by atoms with Gasteiger partial charge in [0.1, 0.15) is 0 Å². The number of phenolic OH excluding ortho intramolecular Hbond substituents is 2. The smallest absolute Gasteiger partial charge is 0.436 e. The fraction of sp³-hybridized carbons (Fsp3) is 0.417. The molecule has 217 valence electrons. The van der Waals surface area contributed by atoms with E-state index in [4.69, 9.17) is 0 Å². The minimum Gasteiger partial charge on any atom is -0.795 e. The van der Waals surface area contributed by atoms with E-state index in [9.17, 15) is 54.8 Å². The molecular weight excluding hydrogens is 594 g/mol. The summed E-state index contributed by atoms with van der Waals surface area (Å²) in [6.45, 7) is 0. The molecule has 1 saturated heterocycles. The second-order valence-electron chi connectivity index (χ2n) is 8.67. The Morgan fingerprint density at radius 3 is 1.33 bits per heavy atom. The van der Waals surface area contributed by atoms with Crippen molar-refractivity contribution in [3.05, 3.63) is 59.7 Å². The number of phenols is 2. The number of hydrogen-bond acceptors (Lipinski definition) is 3. The standard InChI is InChI=1S/C20H22N2O2.C4F9O.Co/c23-19-11-5-1-7-15(19)13-21-17-9-3-4-10-18(17)22-14-16-8-2-6-12-20(16)24;5-1(2(6,7)8,3(9,10)11)4(12,13)14;/h1-2,5-8,11-14,17-18,23-24H,3-4,9-10H2;;/q;-1;+2/t17-,18-;;/m1../s1. The third-order valence-corrected chi connectivity index (χ3v) is 7.46. The molecule has 2 aromatic rings. The summed E-state index contributed by atoms with van der Waals surface area (Å²) >= 11 is 1.11. The number of fused-ring (bicyclic) bond motifs is 1. The van der Waals surface area contributed by atoms with Crippen LogP contribution in [0.1, 0.15) is 36.8 Å². The maximum absolute atomic E-state index is 12.0. The fourth-order valence-electron chi connectivity index (χ4n) is 4.00. The van der Waals surface area contributed by atoms with Crippen molar-refractivity contribution < 1.29 is 77.2 Å². The van der Waals surface area contributed by atoms with E-state index >= 15 is 0 Å². The molecule has 0 amide bonds. The summed E-state index contributed by atoms with van der Waals surface area (Å²) in [7, 11) is 0. The van der Waals surface area contributed by atoms with Gasteiger partial charge >= 0.3 is 172 Å². The van der Waals surface area contributed by atoms with E-state index in [-0.39, 0.29) is 0 Å². The van der Waals surface area contributed by atoms with Crippen LogP contribution in [0.3, 0.4) is 0 Å². The van der Waals surface area contributed by atoms with Crippen LogP contribution in [0.2, 0.25) is 0 Å². The van der Waals surface area contributed by atoms with Crippen molar-refractivity contribution in [3.8, 4) is 11.5 Å². The van der Waals surface area contributed by atoms with Gasteiger partial charge in [0.2, 0.25) is 6.11 Å². The van der Waals surface area contributed by atoms with Crippen LogP contribution in [-0.2, 0) is 15.1 Å². The summed E-state index contributed by atoms with van der Waals surface area (Å²) in [6.07, 6.45) is -12.0. The number of nitrogens with zero attached hydrogens (tertiary/aromatic N) is 2. The molecule has 5 nitrogen and oxygen atoms in total. The molecule has 1 saturated carbocycles. The normalized spacial score (nSPS) is 22.6. The first-order valence-corrected chi connectivity index (χ1v) is 12.2. The van der Waals surface area contributed by atoms with Crippen molar-refractivity contribution in [1.82, 2.24) is 0 Å². The topological polar surface area (TPSA) is 69.5 Å². The predicted octanol–water partition coefficient (Wildman–Crippen LogP) is 4.67. The maximum Gasteiger partial charge on any atom is 0.436 e. The van der Waals surface area contributed by atoms with Crippen molar-refractivity contribution in [2.45, 2.75) is 61.9 Å². The molecule has 0 unspecified atom stereocenters. The van der Waals surface area contributed by atoms with Gasteiger partial charge in [-0.05, 0) is 0 Å². The minimum absolute atomic E-state index is 0.313. The molecule has 2 aliphatic rings. The molecule has 15 heteroatoms. The van der Waals surface area contributed by atoms with E-state index in [0.29, 0.717) is 23.6 Å². The molecular formula is C24H22CoF9N2O3+. The molecule has 2 aromatic carbocycles. The molecule has 1 heterocycles. The van der Waals surface area contributed by atoms with Crippen LogP contribution in [-0.4, -0.2) is 66.1 Å². The Labute approximate surface area is 222 Å². The van der Waals surface area contributed by atoms with Crippen LogP contribution in [0, 0.1) is 0 Å². The monoisotopic (exact) mass is 616 g/mol. The predicted molar refractivity (Wildman–Crippen MR) is 114 cm³/mol. The first-order valence-electron chi connectivity index (χ1n) is 11.3. The largest absolute Gasteiger partial charge is 0.795 e. The third-order valence-electron chi connectivity index (χ3n) is 6.02. The van der Waals surface area contributed by atoms with Crippen molar-refractivity contribution in [2.24, 2.45) is 0 Å². The van der Waals surface area contributed by atoms with E-state index in [0.717, 1.165) is 39.1 Å². The summed E-state index contributed by atoms with van der Waals surface area (Å²) in [6, 6.07) is 15.8. The Hall–Kier alpha value is -2.78. The van der Waals surface area contributed by atoms with Crippen molar-refractivity contribution >= 4 is 12.4 Å². The van der Waals surface area contributed by atoms with Crippen LogP contribution in [0.25, 0.3) is 0 Å². The average Bonchev–Trinajstić information content (AvgIpc) is 3.17. The van der Waals surface area contributed by atoms with E-state index in [1.165, 1.54) is 12.8 Å². The molecule has 1 aliphatic heterocycles. The molecule has 0 spiro atoms. The first-order chi connectivity index (χ1) is 18.0. The molecule has 4 rings (SSSR count). The molecule has 0 bridgehead atoms. The third kappa shape index (κ3) is 6.52. The maximum atomic E-state index is 12.0. The summed E-state index contributed by atoms with van der Waals surface area (Å²) in [5, 5.41) is 29.4. The van der Waals surface area contributed by atoms with E-state index in [1.54, 1.807) is 12.1 Å². The zero-order chi connectivity index (χ0) is 29.2. The number of para-hydroxylation sites is 2. The number of benzene rings is 2. The van der Waals surface area contributed by atoms with Gasteiger partial charge < -0.3 is 5.11 Å². The molecule has 0 aromatic heterocycles. The van der Waals surface area contributed by atoms with Gasteiger partial charge in [-0.1, -0.05) is 0 Å². The van der Waals surface area contributed by atoms with Crippen LogP contribution < -0.4 is 5.11 Å². The Bertz CT molecular complexity index is 1120. The zero-order valence-electron chi connectivity index (χ0n) is 19.7. The fourth-order valence-corrected chi connectivity index (χ4v) is 5.62. The van der Waals surface area contributed by atoms with Gasteiger partial charge in [-0.3, -0.25) is 0 Å². The summed E-state index contributed by atoms with van der Waals surface area (Å²) < 4.78 is 107. The van der Waals surface area contributed by atoms with Crippen molar-refractivity contribution in [1.29, 1.82) is 0 Å². The van der Waals surface area contributed by atoms with Gasteiger partial charge in [-0.15, -0.1) is 0 Å². The second kappa shape index (κ2) is 11.4. The van der Waals surface area contributed by atoms with E-state index in [2.05, 4.69) is 19.7 Å². The Morgan fingerprint density at radius 1 is 0.692 bits per heavy atom. The summed E-state index contributed by atoms with van der Waals surface area (Å²) in [5.41, 5.74) is -5.38. The van der Waals surface area contributed by atoms with Crippen LogP contribution in [0.5, 0.6) is 11.5 Å². The number of halogens is 9. The van der Waals surface area contributed by atoms with Crippen LogP contribution >= 0.6 is 0 Å². The number of hydrogen-bond donors (Lipinski definition) is 2. The van der Waals surface area contributed by atoms with Gasteiger partial charge in [0.05, 0.1) is 0 Å². The molecule has 2 N–H and O–H groups in total. The molecule has 1 aliphatic carbocycles. The number of rotatable bonds is 3. The SMILES string of the molecule is Oc1ccccc1C=[N+]1[Co][N+](=Cc2ccccc2O)[C@@H]2CCCC[C@H]21.[O-]C(F)(F)C(F)(C(F)(F)F)C(F)(F)F. The van der Waals surface area contributed by atoms with Crippen molar-refractivity contribution in [2.75, 3.05) is 0 Å². The van der Waals surface area contributed by atoms with E-state index < -0.39 is 24.1 Å². The quantitative estimate of drug-likeness (QED) is 0.493. The van der Waals surface area contributed by atoms with Gasteiger partial charge in [0.15, 0.2) is 0 Å². The number of aromatic hydroxyl groups is 2. The molecule has 2 atom stereocenters. The van der Waals surface area contributed by atoms with Crippen LogP contribution in [0.15, 0.2) is 48.5 Å². The van der Waals surface area contributed by atoms with Gasteiger partial charge in [-0.2, -0.15) is 26.3 Å².